The quantitative estimate of drug-likeness (QED) is 0.516. The van der Waals surface area contributed by atoms with Crippen LogP contribution >= 0.6 is 0 Å². The molecular formula is C26H29NO5. The van der Waals surface area contributed by atoms with Gasteiger partial charge < -0.3 is 18.8 Å². The van der Waals surface area contributed by atoms with Gasteiger partial charge in [0.05, 0.1) is 30.2 Å². The van der Waals surface area contributed by atoms with Crippen molar-refractivity contribution in [1.29, 1.82) is 0 Å². The average Bonchev–Trinajstić information content (AvgIpc) is 3.00. The minimum atomic E-state index is -0.553. The maximum Gasteiger partial charge on any atom is 0.290 e. The highest BCUT2D eigenvalue weighted by molar-refractivity contribution is 5.98. The molecule has 168 valence electrons. The fraction of sp³-hybridized carbons (Fsp3) is 0.385. The van der Waals surface area contributed by atoms with E-state index in [0.29, 0.717) is 47.2 Å². The summed E-state index contributed by atoms with van der Waals surface area (Å²) in [5.41, 5.74) is 2.35. The monoisotopic (exact) mass is 435 g/mol. The van der Waals surface area contributed by atoms with Gasteiger partial charge in [0.25, 0.3) is 5.91 Å². The molecule has 0 aliphatic carbocycles. The molecule has 6 nitrogen and oxygen atoms in total. The van der Waals surface area contributed by atoms with Gasteiger partial charge in [-0.05, 0) is 56.0 Å². The Morgan fingerprint density at radius 3 is 2.56 bits per heavy atom. The van der Waals surface area contributed by atoms with Gasteiger partial charge in [0.15, 0.2) is 16.9 Å². The summed E-state index contributed by atoms with van der Waals surface area (Å²) in [6.45, 7) is 9.21. The molecule has 0 bridgehead atoms. The normalized spacial score (nSPS) is 15.5. The van der Waals surface area contributed by atoms with Crippen molar-refractivity contribution in [3.63, 3.8) is 0 Å². The van der Waals surface area contributed by atoms with Crippen molar-refractivity contribution in [2.24, 2.45) is 5.92 Å². The highest BCUT2D eigenvalue weighted by Gasteiger charge is 2.41. The smallest absolute Gasteiger partial charge is 0.290 e. The van der Waals surface area contributed by atoms with Crippen molar-refractivity contribution in [2.45, 2.75) is 40.2 Å². The van der Waals surface area contributed by atoms with Gasteiger partial charge in [0, 0.05) is 7.05 Å². The standard InChI is InChI=1S/C26H29NO5/c1-6-30-21-14-17(8-10-20(21)31-12-11-15(2)3)23-22-24(28)18-13-16(4)7-9-19(18)32-25(22)26(29)27(23)5/h7-10,13-15,23H,6,11-12H2,1-5H3. The van der Waals surface area contributed by atoms with Crippen LogP contribution in [0.1, 0.15) is 60.5 Å². The Hall–Kier alpha value is -3.28. The highest BCUT2D eigenvalue weighted by atomic mass is 16.5. The summed E-state index contributed by atoms with van der Waals surface area (Å²) in [4.78, 5) is 27.9. The molecule has 4 rings (SSSR count). The Morgan fingerprint density at radius 2 is 1.84 bits per heavy atom. The van der Waals surface area contributed by atoms with E-state index < -0.39 is 6.04 Å². The lowest BCUT2D eigenvalue weighted by atomic mass is 9.98. The summed E-state index contributed by atoms with van der Waals surface area (Å²) in [6, 6.07) is 10.5. The van der Waals surface area contributed by atoms with Crippen LogP contribution in [0.15, 0.2) is 45.6 Å². The third-order valence-corrected chi connectivity index (χ3v) is 5.79. The summed E-state index contributed by atoms with van der Waals surface area (Å²) in [5.74, 6) is 1.60. The van der Waals surface area contributed by atoms with Crippen molar-refractivity contribution >= 4 is 16.9 Å². The van der Waals surface area contributed by atoms with Crippen LogP contribution in [0, 0.1) is 12.8 Å². The van der Waals surface area contributed by atoms with Gasteiger partial charge in [-0.15, -0.1) is 0 Å². The van der Waals surface area contributed by atoms with Gasteiger partial charge in [-0.1, -0.05) is 31.5 Å². The molecule has 32 heavy (non-hydrogen) atoms. The number of ether oxygens (including phenoxy) is 2. The van der Waals surface area contributed by atoms with Crippen molar-refractivity contribution in [3.8, 4) is 11.5 Å². The number of hydrogen-bond acceptors (Lipinski definition) is 5. The number of rotatable bonds is 7. The molecule has 3 aromatic rings. The Labute approximate surface area is 187 Å². The Balaban J connectivity index is 1.80. The minimum absolute atomic E-state index is 0.106. The third kappa shape index (κ3) is 3.85. The van der Waals surface area contributed by atoms with Crippen molar-refractivity contribution in [1.82, 2.24) is 4.90 Å². The van der Waals surface area contributed by atoms with Gasteiger partial charge in [0.1, 0.15) is 5.58 Å². The second-order valence-corrected chi connectivity index (χ2v) is 8.66. The number of nitrogens with zero attached hydrogens (tertiary/aromatic N) is 1. The van der Waals surface area contributed by atoms with Crippen molar-refractivity contribution in [3.05, 3.63) is 69.1 Å². The molecule has 1 atom stereocenters. The van der Waals surface area contributed by atoms with Crippen LogP contribution in [0.5, 0.6) is 11.5 Å². The molecule has 1 amide bonds. The molecule has 1 aliphatic rings. The number of carbonyl (C=O) groups is 1. The van der Waals surface area contributed by atoms with E-state index in [-0.39, 0.29) is 17.1 Å². The van der Waals surface area contributed by atoms with E-state index >= 15 is 0 Å². The number of amides is 1. The minimum Gasteiger partial charge on any atom is -0.490 e. The van der Waals surface area contributed by atoms with Crippen molar-refractivity contribution < 1.29 is 18.7 Å². The maximum absolute atomic E-state index is 13.4. The lowest BCUT2D eigenvalue weighted by molar-refractivity contribution is 0.0771. The van der Waals surface area contributed by atoms with E-state index in [4.69, 9.17) is 13.9 Å². The molecule has 0 radical (unpaired) electrons. The van der Waals surface area contributed by atoms with Crippen LogP contribution < -0.4 is 14.9 Å². The molecule has 1 aliphatic heterocycles. The van der Waals surface area contributed by atoms with Crippen LogP contribution in [0.25, 0.3) is 11.0 Å². The predicted octanol–water partition coefficient (Wildman–Crippen LogP) is 5.10. The number of benzene rings is 2. The molecule has 0 saturated carbocycles. The second kappa shape index (κ2) is 8.69. The van der Waals surface area contributed by atoms with Crippen LogP contribution in [0.3, 0.4) is 0 Å². The summed E-state index contributed by atoms with van der Waals surface area (Å²) >= 11 is 0. The van der Waals surface area contributed by atoms with E-state index in [9.17, 15) is 9.59 Å². The number of carbonyl (C=O) groups excluding carboxylic acids is 1. The Bertz CT molecular complexity index is 1230. The SMILES string of the molecule is CCOc1cc(C2c3c(oc4ccc(C)cc4c3=O)C(=O)N2C)ccc1OCCC(C)C. The molecular weight excluding hydrogens is 406 g/mol. The molecule has 0 spiro atoms. The first-order valence-electron chi connectivity index (χ1n) is 11.1. The molecule has 2 heterocycles. The molecule has 0 fully saturated rings. The lowest BCUT2D eigenvalue weighted by Crippen LogP contribution is -2.25. The van der Waals surface area contributed by atoms with E-state index in [0.717, 1.165) is 17.5 Å². The first kappa shape index (κ1) is 21.9. The van der Waals surface area contributed by atoms with E-state index in [1.54, 1.807) is 24.1 Å². The molecule has 1 aromatic heterocycles. The molecule has 0 N–H and O–H groups in total. The highest BCUT2D eigenvalue weighted by Crippen LogP contribution is 2.40. The molecule has 2 aromatic carbocycles. The van der Waals surface area contributed by atoms with Gasteiger partial charge in [-0.2, -0.15) is 0 Å². The lowest BCUT2D eigenvalue weighted by Gasteiger charge is -2.22. The van der Waals surface area contributed by atoms with Crippen LogP contribution in [-0.2, 0) is 0 Å². The van der Waals surface area contributed by atoms with Crippen LogP contribution in [0.2, 0.25) is 0 Å². The van der Waals surface area contributed by atoms with Crippen molar-refractivity contribution in [2.75, 3.05) is 20.3 Å². The fourth-order valence-corrected chi connectivity index (χ4v) is 4.08. The van der Waals surface area contributed by atoms with Gasteiger partial charge in [0.2, 0.25) is 5.76 Å². The molecule has 1 unspecified atom stereocenters. The number of fused-ring (bicyclic) bond motifs is 2. The third-order valence-electron chi connectivity index (χ3n) is 5.79. The largest absolute Gasteiger partial charge is 0.490 e. The first-order chi connectivity index (χ1) is 15.3. The predicted molar refractivity (Wildman–Crippen MR) is 124 cm³/mol. The maximum atomic E-state index is 13.4. The van der Waals surface area contributed by atoms with Crippen LogP contribution in [0.4, 0.5) is 0 Å². The van der Waals surface area contributed by atoms with Gasteiger partial charge in [-0.3, -0.25) is 9.59 Å². The van der Waals surface area contributed by atoms with E-state index in [1.807, 2.05) is 38.1 Å². The van der Waals surface area contributed by atoms with E-state index in [2.05, 4.69) is 13.8 Å². The summed E-state index contributed by atoms with van der Waals surface area (Å²) in [6.07, 6.45) is 0.939. The second-order valence-electron chi connectivity index (χ2n) is 8.66. The Kier molecular flexibility index (Phi) is 5.96. The zero-order chi connectivity index (χ0) is 23.0. The van der Waals surface area contributed by atoms with Gasteiger partial charge in [-0.25, -0.2) is 0 Å². The zero-order valence-electron chi connectivity index (χ0n) is 19.2. The summed E-state index contributed by atoms with van der Waals surface area (Å²) in [7, 11) is 1.69. The fourth-order valence-electron chi connectivity index (χ4n) is 4.08. The molecule has 0 saturated heterocycles. The Morgan fingerprint density at radius 1 is 1.06 bits per heavy atom. The summed E-state index contributed by atoms with van der Waals surface area (Å²) in [5, 5.41) is 0.482. The number of aryl methyl sites for hydroxylation is 1. The van der Waals surface area contributed by atoms with E-state index in [1.165, 1.54) is 0 Å². The first-order valence-corrected chi connectivity index (χ1v) is 11.1. The zero-order valence-corrected chi connectivity index (χ0v) is 19.2. The average molecular weight is 436 g/mol. The topological polar surface area (TPSA) is 69.0 Å². The number of hydrogen-bond donors (Lipinski definition) is 0. The van der Waals surface area contributed by atoms with Crippen LogP contribution in [-0.4, -0.2) is 31.1 Å². The summed E-state index contributed by atoms with van der Waals surface area (Å²) < 4.78 is 17.7. The van der Waals surface area contributed by atoms with Gasteiger partial charge >= 0.3 is 0 Å². The molecule has 6 heteroatoms.